The predicted octanol–water partition coefficient (Wildman–Crippen LogP) is 5.17. The maximum absolute atomic E-state index is 6.81. The van der Waals surface area contributed by atoms with E-state index in [0.29, 0.717) is 6.61 Å². The fraction of sp³-hybridized carbons (Fsp3) is 0.391. The molecule has 2 aromatic carbocycles. The van der Waals surface area contributed by atoms with Gasteiger partial charge in [0.2, 0.25) is 0 Å². The van der Waals surface area contributed by atoms with E-state index in [1.54, 1.807) is 0 Å². The lowest BCUT2D eigenvalue weighted by Gasteiger charge is -2.43. The van der Waals surface area contributed by atoms with Crippen LogP contribution in [-0.2, 0) is 4.43 Å². The summed E-state index contributed by atoms with van der Waals surface area (Å²) in [5.41, 5.74) is 0. The molecule has 2 rings (SSSR count). The third-order valence-corrected chi connectivity index (χ3v) is 10.3. The molecule has 0 heterocycles. The van der Waals surface area contributed by atoms with Crippen molar-refractivity contribution >= 4 is 41.3 Å². The monoisotopic (exact) mass is 476 g/mol. The fourth-order valence-electron chi connectivity index (χ4n) is 3.35. The summed E-state index contributed by atoms with van der Waals surface area (Å²) in [5.74, 6) is 6.56. The number of halogens is 1. The second kappa shape index (κ2) is 10.3. The van der Waals surface area contributed by atoms with Crippen molar-refractivity contribution in [3.63, 3.8) is 0 Å². The first-order chi connectivity index (χ1) is 12.5. The standard InChI is InChI=1S/C23H29IOSi/c1-23(2,3)26(21-15-9-7-10-16-21,22-17-11-8-12-18-22)25-20-14-6-4-5-13-19-24/h7-12,15-18H,5,13-14,19-20H2,1-3H3. The molecule has 138 valence electrons. The minimum Gasteiger partial charge on any atom is -0.406 e. The Morgan fingerprint density at radius 1 is 0.846 bits per heavy atom. The average molecular weight is 476 g/mol. The molecule has 3 heteroatoms. The van der Waals surface area contributed by atoms with Crippen LogP contribution in [0.5, 0.6) is 0 Å². The molecule has 0 spiro atoms. The summed E-state index contributed by atoms with van der Waals surface area (Å²) >= 11 is 2.40. The molecule has 0 aliphatic carbocycles. The third kappa shape index (κ3) is 5.22. The Kier molecular flexibility index (Phi) is 8.40. The van der Waals surface area contributed by atoms with E-state index in [0.717, 1.165) is 12.8 Å². The Hall–Kier alpha value is -1.09. The van der Waals surface area contributed by atoms with Gasteiger partial charge in [-0.1, -0.05) is 104 Å². The number of rotatable bonds is 7. The van der Waals surface area contributed by atoms with Crippen molar-refractivity contribution in [2.24, 2.45) is 0 Å². The molecule has 0 fully saturated rings. The zero-order chi connectivity index (χ0) is 18.9. The molecule has 1 nitrogen and oxygen atoms in total. The Morgan fingerprint density at radius 2 is 1.35 bits per heavy atom. The van der Waals surface area contributed by atoms with E-state index in [9.17, 15) is 0 Å². The Bertz CT molecular complexity index is 671. The maximum atomic E-state index is 6.81. The Balaban J connectivity index is 2.33. The molecule has 0 saturated heterocycles. The van der Waals surface area contributed by atoms with Crippen LogP contribution < -0.4 is 10.4 Å². The van der Waals surface area contributed by atoms with Gasteiger partial charge in [-0.2, -0.15) is 0 Å². The average Bonchev–Trinajstić information content (AvgIpc) is 2.64. The van der Waals surface area contributed by atoms with Crippen LogP contribution in [0.3, 0.4) is 0 Å². The first-order valence-corrected chi connectivity index (χ1v) is 12.7. The number of hydrogen-bond donors (Lipinski definition) is 0. The normalized spacial score (nSPS) is 11.7. The van der Waals surface area contributed by atoms with E-state index < -0.39 is 8.32 Å². The van der Waals surface area contributed by atoms with Crippen molar-refractivity contribution in [1.29, 1.82) is 0 Å². The van der Waals surface area contributed by atoms with Gasteiger partial charge in [0.25, 0.3) is 8.32 Å². The summed E-state index contributed by atoms with van der Waals surface area (Å²) in [4.78, 5) is 0. The van der Waals surface area contributed by atoms with Crippen LogP contribution in [0.2, 0.25) is 5.04 Å². The van der Waals surface area contributed by atoms with Gasteiger partial charge >= 0.3 is 0 Å². The van der Waals surface area contributed by atoms with Gasteiger partial charge in [0.15, 0.2) is 0 Å². The van der Waals surface area contributed by atoms with E-state index in [1.165, 1.54) is 21.2 Å². The number of hydrogen-bond acceptors (Lipinski definition) is 1. The summed E-state index contributed by atoms with van der Waals surface area (Å²) in [7, 11) is -2.39. The van der Waals surface area contributed by atoms with Crippen LogP contribution in [-0.4, -0.2) is 19.4 Å². The molecular formula is C23H29IOSi. The van der Waals surface area contributed by atoms with Gasteiger partial charge in [-0.05, 0) is 21.8 Å². The van der Waals surface area contributed by atoms with E-state index >= 15 is 0 Å². The molecule has 0 N–H and O–H groups in total. The van der Waals surface area contributed by atoms with E-state index in [-0.39, 0.29) is 5.04 Å². The summed E-state index contributed by atoms with van der Waals surface area (Å²) in [6.07, 6.45) is 2.96. The lowest BCUT2D eigenvalue weighted by atomic mass is 10.2. The third-order valence-electron chi connectivity index (χ3n) is 4.52. The predicted molar refractivity (Wildman–Crippen MR) is 124 cm³/mol. The smallest absolute Gasteiger partial charge is 0.261 e. The van der Waals surface area contributed by atoms with E-state index in [4.69, 9.17) is 4.43 Å². The zero-order valence-electron chi connectivity index (χ0n) is 16.1. The maximum Gasteiger partial charge on any atom is 0.261 e. The second-order valence-electron chi connectivity index (χ2n) is 7.41. The number of alkyl halides is 1. The minimum atomic E-state index is -2.39. The summed E-state index contributed by atoms with van der Waals surface area (Å²) in [6.45, 7) is 7.62. The van der Waals surface area contributed by atoms with Gasteiger partial charge in [0.05, 0.1) is 0 Å². The lowest BCUT2D eigenvalue weighted by molar-refractivity contribution is 0.306. The summed E-state index contributed by atoms with van der Waals surface area (Å²) in [5, 5.41) is 2.69. The lowest BCUT2D eigenvalue weighted by Crippen LogP contribution is -2.66. The van der Waals surface area contributed by atoms with E-state index in [2.05, 4.69) is 116 Å². The SMILES string of the molecule is CC(C)(C)[Si](OCCC#CCCCI)(c1ccccc1)c1ccccc1. The van der Waals surface area contributed by atoms with Crippen molar-refractivity contribution in [3.05, 3.63) is 60.7 Å². The van der Waals surface area contributed by atoms with Crippen LogP contribution in [0.25, 0.3) is 0 Å². The Morgan fingerprint density at radius 3 is 1.81 bits per heavy atom. The van der Waals surface area contributed by atoms with Crippen LogP contribution in [0.1, 0.15) is 40.0 Å². The molecule has 0 amide bonds. The van der Waals surface area contributed by atoms with Crippen LogP contribution >= 0.6 is 22.6 Å². The van der Waals surface area contributed by atoms with Gasteiger partial charge in [0, 0.05) is 23.9 Å². The zero-order valence-corrected chi connectivity index (χ0v) is 19.3. The first-order valence-electron chi connectivity index (χ1n) is 9.29. The van der Waals surface area contributed by atoms with Gasteiger partial charge in [-0.15, -0.1) is 11.8 Å². The molecule has 0 aliphatic heterocycles. The number of benzene rings is 2. The van der Waals surface area contributed by atoms with Crippen molar-refractivity contribution in [2.75, 3.05) is 11.0 Å². The molecular weight excluding hydrogens is 447 g/mol. The Labute approximate surface area is 173 Å². The molecule has 0 radical (unpaired) electrons. The fourth-order valence-corrected chi connectivity index (χ4v) is 8.29. The van der Waals surface area contributed by atoms with Crippen molar-refractivity contribution in [2.45, 2.75) is 45.1 Å². The highest BCUT2D eigenvalue weighted by Crippen LogP contribution is 2.36. The van der Waals surface area contributed by atoms with Gasteiger partial charge < -0.3 is 4.43 Å². The first kappa shape index (κ1) is 21.2. The molecule has 0 bridgehead atoms. The van der Waals surface area contributed by atoms with Crippen LogP contribution in [0, 0.1) is 11.8 Å². The second-order valence-corrected chi connectivity index (χ2v) is 12.8. The molecule has 2 aromatic rings. The van der Waals surface area contributed by atoms with Gasteiger partial charge in [-0.3, -0.25) is 0 Å². The molecule has 0 aromatic heterocycles. The van der Waals surface area contributed by atoms with Crippen LogP contribution in [0.4, 0.5) is 0 Å². The van der Waals surface area contributed by atoms with Crippen molar-refractivity contribution in [1.82, 2.24) is 0 Å². The van der Waals surface area contributed by atoms with Crippen LogP contribution in [0.15, 0.2) is 60.7 Å². The van der Waals surface area contributed by atoms with E-state index in [1.807, 2.05) is 0 Å². The summed E-state index contributed by atoms with van der Waals surface area (Å²) in [6, 6.07) is 21.6. The quantitative estimate of drug-likeness (QED) is 0.176. The van der Waals surface area contributed by atoms with Gasteiger partial charge in [-0.25, -0.2) is 0 Å². The summed E-state index contributed by atoms with van der Waals surface area (Å²) < 4.78 is 7.98. The van der Waals surface area contributed by atoms with Gasteiger partial charge in [0.1, 0.15) is 0 Å². The molecule has 0 atom stereocenters. The topological polar surface area (TPSA) is 9.23 Å². The minimum absolute atomic E-state index is 0.0321. The number of unbranched alkanes of at least 4 members (excludes halogenated alkanes) is 1. The molecule has 0 unspecified atom stereocenters. The van der Waals surface area contributed by atoms with Crippen molar-refractivity contribution in [3.8, 4) is 11.8 Å². The largest absolute Gasteiger partial charge is 0.406 e. The highest BCUT2D eigenvalue weighted by Gasteiger charge is 2.49. The molecule has 26 heavy (non-hydrogen) atoms. The molecule has 0 aliphatic rings. The highest BCUT2D eigenvalue weighted by molar-refractivity contribution is 14.1. The molecule has 0 saturated carbocycles. The highest BCUT2D eigenvalue weighted by atomic mass is 127. The van der Waals surface area contributed by atoms with Crippen molar-refractivity contribution < 1.29 is 4.43 Å².